The number of likely N-dealkylation sites (tertiary alicyclic amines) is 1. The highest BCUT2D eigenvalue weighted by Gasteiger charge is 2.22. The number of rotatable bonds is 4. The van der Waals surface area contributed by atoms with Crippen LogP contribution < -0.4 is 0 Å². The number of nitrogens with one attached hydrogen (secondary N) is 1. The van der Waals surface area contributed by atoms with Gasteiger partial charge in [-0.15, -0.1) is 0 Å². The van der Waals surface area contributed by atoms with Crippen LogP contribution in [-0.2, 0) is 6.54 Å². The molecule has 1 fully saturated rings. The number of aromatic amines is 1. The number of benzene rings is 2. The van der Waals surface area contributed by atoms with Crippen molar-refractivity contribution >= 4 is 16.6 Å². The van der Waals surface area contributed by atoms with Gasteiger partial charge in [0.2, 0.25) is 0 Å². The summed E-state index contributed by atoms with van der Waals surface area (Å²) in [7, 11) is 0. The largest absolute Gasteiger partial charge is 0.358 e. The van der Waals surface area contributed by atoms with Gasteiger partial charge in [-0.3, -0.25) is 15.0 Å². The van der Waals surface area contributed by atoms with Crippen molar-refractivity contribution < 1.29 is 4.92 Å². The van der Waals surface area contributed by atoms with Crippen LogP contribution >= 0.6 is 0 Å². The van der Waals surface area contributed by atoms with Gasteiger partial charge < -0.3 is 4.98 Å². The summed E-state index contributed by atoms with van der Waals surface area (Å²) in [6.45, 7) is 2.96. The molecule has 0 bridgehead atoms. The number of fused-ring (bicyclic) bond motifs is 1. The van der Waals surface area contributed by atoms with E-state index >= 15 is 0 Å². The molecule has 2 aromatic carbocycles. The summed E-state index contributed by atoms with van der Waals surface area (Å²) in [5.41, 5.74) is 3.85. The van der Waals surface area contributed by atoms with Crippen molar-refractivity contribution in [3.63, 3.8) is 0 Å². The van der Waals surface area contributed by atoms with Gasteiger partial charge in [0.25, 0.3) is 5.69 Å². The van der Waals surface area contributed by atoms with Crippen molar-refractivity contribution in [1.29, 1.82) is 0 Å². The van der Waals surface area contributed by atoms with Crippen molar-refractivity contribution in [3.05, 3.63) is 76.0 Å². The molecule has 1 aromatic heterocycles. The third kappa shape index (κ3) is 3.42. The molecule has 1 aliphatic rings. The molecule has 0 aliphatic carbocycles. The van der Waals surface area contributed by atoms with Crippen molar-refractivity contribution in [2.75, 3.05) is 13.1 Å². The van der Waals surface area contributed by atoms with E-state index in [1.807, 2.05) is 12.1 Å². The van der Waals surface area contributed by atoms with Crippen LogP contribution in [-0.4, -0.2) is 27.9 Å². The monoisotopic (exact) mass is 335 g/mol. The Bertz CT molecular complexity index is 844. The lowest BCUT2D eigenvalue weighted by Gasteiger charge is -2.31. The summed E-state index contributed by atoms with van der Waals surface area (Å²) in [6.07, 6.45) is 2.28. The first-order valence-electron chi connectivity index (χ1n) is 8.72. The second kappa shape index (κ2) is 6.69. The molecular formula is C20H21N3O2. The SMILES string of the molecule is O=[N+]([O-])c1ccc(CN2CCC(c3cc4ccccc4[nH]3)CC2)cc1. The van der Waals surface area contributed by atoms with Gasteiger partial charge in [-0.05, 0) is 49.0 Å². The highest BCUT2D eigenvalue weighted by atomic mass is 16.6. The van der Waals surface area contributed by atoms with Gasteiger partial charge in [-0.2, -0.15) is 0 Å². The van der Waals surface area contributed by atoms with Gasteiger partial charge in [0, 0.05) is 35.8 Å². The van der Waals surface area contributed by atoms with Gasteiger partial charge in [0.15, 0.2) is 0 Å². The lowest BCUT2D eigenvalue weighted by atomic mass is 9.93. The lowest BCUT2D eigenvalue weighted by molar-refractivity contribution is -0.384. The van der Waals surface area contributed by atoms with E-state index in [0.29, 0.717) is 5.92 Å². The van der Waals surface area contributed by atoms with Crippen LogP contribution in [0.1, 0.15) is 30.0 Å². The second-order valence-electron chi connectivity index (χ2n) is 6.79. The summed E-state index contributed by atoms with van der Waals surface area (Å²) >= 11 is 0. The third-order valence-electron chi connectivity index (χ3n) is 5.13. The molecule has 1 aliphatic heterocycles. The number of nitro benzene ring substituents is 1. The molecule has 0 spiro atoms. The van der Waals surface area contributed by atoms with Gasteiger partial charge >= 0.3 is 0 Å². The van der Waals surface area contributed by atoms with Gasteiger partial charge in [0.1, 0.15) is 0 Å². The minimum absolute atomic E-state index is 0.154. The van der Waals surface area contributed by atoms with E-state index in [9.17, 15) is 10.1 Å². The number of hydrogen-bond acceptors (Lipinski definition) is 3. The molecule has 1 N–H and O–H groups in total. The second-order valence-corrected chi connectivity index (χ2v) is 6.79. The molecule has 0 unspecified atom stereocenters. The minimum Gasteiger partial charge on any atom is -0.358 e. The maximum atomic E-state index is 10.7. The number of para-hydroxylation sites is 1. The molecule has 25 heavy (non-hydrogen) atoms. The maximum absolute atomic E-state index is 10.7. The summed E-state index contributed by atoms with van der Waals surface area (Å²) < 4.78 is 0. The number of H-pyrrole nitrogens is 1. The first kappa shape index (κ1) is 15.8. The Balaban J connectivity index is 1.37. The first-order chi connectivity index (χ1) is 12.2. The standard InChI is InChI=1S/C20H21N3O2/c24-23(25)18-7-5-15(6-8-18)14-22-11-9-16(10-12-22)20-13-17-3-1-2-4-19(17)21-20/h1-8,13,16,21H,9-12,14H2. The average molecular weight is 335 g/mol. The normalized spacial score (nSPS) is 16.3. The summed E-state index contributed by atoms with van der Waals surface area (Å²) in [5.74, 6) is 0.584. The molecule has 4 rings (SSSR count). The van der Waals surface area contributed by atoms with E-state index in [1.54, 1.807) is 12.1 Å². The van der Waals surface area contributed by atoms with Crippen LogP contribution in [0.5, 0.6) is 0 Å². The van der Waals surface area contributed by atoms with Gasteiger partial charge in [-0.1, -0.05) is 30.3 Å². The predicted molar refractivity (Wildman–Crippen MR) is 98.6 cm³/mol. The summed E-state index contributed by atoms with van der Waals surface area (Å²) in [4.78, 5) is 16.4. The Morgan fingerprint density at radius 3 is 2.48 bits per heavy atom. The number of aromatic nitrogens is 1. The molecule has 0 amide bonds. The zero-order chi connectivity index (χ0) is 17.2. The van der Waals surface area contributed by atoms with Crippen molar-refractivity contribution in [1.82, 2.24) is 9.88 Å². The van der Waals surface area contributed by atoms with Crippen molar-refractivity contribution in [2.24, 2.45) is 0 Å². The zero-order valence-corrected chi connectivity index (χ0v) is 14.0. The van der Waals surface area contributed by atoms with Crippen LogP contribution in [0.3, 0.4) is 0 Å². The van der Waals surface area contributed by atoms with Crippen LogP contribution in [0.15, 0.2) is 54.6 Å². The third-order valence-corrected chi connectivity index (χ3v) is 5.13. The molecule has 128 valence electrons. The number of hydrogen-bond donors (Lipinski definition) is 1. The number of piperidine rings is 1. The molecule has 2 heterocycles. The Morgan fingerprint density at radius 1 is 1.08 bits per heavy atom. The smallest absolute Gasteiger partial charge is 0.269 e. The first-order valence-corrected chi connectivity index (χ1v) is 8.72. The van der Waals surface area contributed by atoms with E-state index in [0.717, 1.165) is 38.0 Å². The minimum atomic E-state index is -0.352. The number of non-ortho nitro benzene ring substituents is 1. The Hall–Kier alpha value is -2.66. The molecule has 5 heteroatoms. The molecule has 5 nitrogen and oxygen atoms in total. The van der Waals surface area contributed by atoms with E-state index in [-0.39, 0.29) is 10.6 Å². The Labute approximate surface area is 146 Å². The Kier molecular flexibility index (Phi) is 4.24. The lowest BCUT2D eigenvalue weighted by Crippen LogP contribution is -2.32. The quantitative estimate of drug-likeness (QED) is 0.566. The van der Waals surface area contributed by atoms with Crippen molar-refractivity contribution in [2.45, 2.75) is 25.3 Å². The van der Waals surface area contributed by atoms with Gasteiger partial charge in [-0.25, -0.2) is 0 Å². The fourth-order valence-electron chi connectivity index (χ4n) is 3.70. The van der Waals surface area contributed by atoms with Crippen LogP contribution in [0, 0.1) is 10.1 Å². The molecule has 0 atom stereocenters. The fraction of sp³-hybridized carbons (Fsp3) is 0.300. The fourth-order valence-corrected chi connectivity index (χ4v) is 3.70. The summed E-state index contributed by atoms with van der Waals surface area (Å²) in [5, 5.41) is 12.0. The average Bonchev–Trinajstić information content (AvgIpc) is 3.07. The Morgan fingerprint density at radius 2 is 1.80 bits per heavy atom. The zero-order valence-electron chi connectivity index (χ0n) is 14.0. The molecule has 3 aromatic rings. The van der Waals surface area contributed by atoms with E-state index in [2.05, 4.69) is 40.2 Å². The topological polar surface area (TPSA) is 62.2 Å². The highest BCUT2D eigenvalue weighted by Crippen LogP contribution is 2.30. The van der Waals surface area contributed by atoms with Gasteiger partial charge in [0.05, 0.1) is 4.92 Å². The maximum Gasteiger partial charge on any atom is 0.269 e. The van der Waals surface area contributed by atoms with E-state index in [4.69, 9.17) is 0 Å². The van der Waals surface area contributed by atoms with E-state index < -0.39 is 0 Å². The van der Waals surface area contributed by atoms with Crippen LogP contribution in [0.2, 0.25) is 0 Å². The molecule has 0 radical (unpaired) electrons. The predicted octanol–water partition coefficient (Wildman–Crippen LogP) is 4.46. The molecule has 1 saturated heterocycles. The molecular weight excluding hydrogens is 314 g/mol. The number of nitro groups is 1. The van der Waals surface area contributed by atoms with Crippen LogP contribution in [0.4, 0.5) is 5.69 Å². The summed E-state index contributed by atoms with van der Waals surface area (Å²) in [6, 6.07) is 17.6. The van der Waals surface area contributed by atoms with Crippen LogP contribution in [0.25, 0.3) is 10.9 Å². The number of nitrogens with zero attached hydrogens (tertiary/aromatic N) is 2. The highest BCUT2D eigenvalue weighted by molar-refractivity contribution is 5.80. The molecule has 0 saturated carbocycles. The van der Waals surface area contributed by atoms with Crippen molar-refractivity contribution in [3.8, 4) is 0 Å². The van der Waals surface area contributed by atoms with E-state index in [1.165, 1.54) is 16.6 Å².